The quantitative estimate of drug-likeness (QED) is 0.253. The maximum Gasteiger partial charge on any atom is 0.407 e. The summed E-state index contributed by atoms with van der Waals surface area (Å²) in [7, 11) is 1.56. The van der Waals surface area contributed by atoms with E-state index in [1.54, 1.807) is 12.6 Å². The molecule has 1 aromatic heterocycles. The smallest absolute Gasteiger partial charge is 0.407 e. The monoisotopic (exact) mass is 479 g/mol. The lowest BCUT2D eigenvalue weighted by atomic mass is 9.81. The highest BCUT2D eigenvalue weighted by Crippen LogP contribution is 2.49. The van der Waals surface area contributed by atoms with Crippen LogP contribution in [0.25, 0.3) is 0 Å². The number of aromatic nitrogens is 2. The van der Waals surface area contributed by atoms with Gasteiger partial charge in [-0.15, -0.1) is 0 Å². The molecular weight excluding hydrogens is 455 g/mol. The van der Waals surface area contributed by atoms with Crippen LogP contribution in [0.4, 0.5) is 20.7 Å². The van der Waals surface area contributed by atoms with Crippen LogP contribution >= 0.6 is 11.6 Å². The standard InChI is InChI=1S/C21H24ClFN6O4/c1-32-29-12-4-2-3-10(5-12)9-33-21(31)26-15-7-11-6-13(15)17(16(11)18(24)30)27-19-14(23)8-25-20(22)28-19/h2-5,8,11,13,15-17,29H,6-7,9H2,1H3,(H2,24,30)(H,26,31)(H,25,27,28)/p+1/t11?,13-,15?,16?,17?/m1/s1. The Balaban J connectivity index is 1.40. The summed E-state index contributed by atoms with van der Waals surface area (Å²) in [4.78, 5) is 37.0. The van der Waals surface area contributed by atoms with Crippen LogP contribution in [0.1, 0.15) is 18.4 Å². The molecule has 1 heterocycles. The molecule has 2 aromatic rings. The maximum absolute atomic E-state index is 14.2. The molecule has 4 unspecified atom stereocenters. The highest BCUT2D eigenvalue weighted by atomic mass is 35.5. The Bertz CT molecular complexity index is 1040. The van der Waals surface area contributed by atoms with Gasteiger partial charge < -0.3 is 21.1 Å². The fourth-order valence-corrected chi connectivity index (χ4v) is 5.10. The predicted molar refractivity (Wildman–Crippen MR) is 115 cm³/mol. The number of halogens is 2. The van der Waals surface area contributed by atoms with Crippen LogP contribution in [-0.2, 0) is 21.0 Å². The highest BCUT2D eigenvalue weighted by molar-refractivity contribution is 6.28. The SMILES string of the molecule is CO[NH2+]c1cccc(COC(=O)NC2CC3C[C@H]2C(Nc2nc(Cl)ncc2F)C3C(N)=O)c1. The number of nitrogens with zero attached hydrogens (tertiary/aromatic N) is 2. The number of nitrogens with one attached hydrogen (secondary N) is 2. The molecular formula is C21H25ClFN6O4+. The first-order chi connectivity index (χ1) is 15.9. The van der Waals surface area contributed by atoms with E-state index in [0.29, 0.717) is 12.8 Å². The van der Waals surface area contributed by atoms with E-state index in [0.717, 1.165) is 17.4 Å². The van der Waals surface area contributed by atoms with Crippen LogP contribution in [0.3, 0.4) is 0 Å². The van der Waals surface area contributed by atoms with E-state index in [4.69, 9.17) is 26.9 Å². The first kappa shape index (κ1) is 23.1. The zero-order valence-corrected chi connectivity index (χ0v) is 18.6. The molecule has 2 bridgehead atoms. The second-order valence-electron chi connectivity index (χ2n) is 8.25. The predicted octanol–water partition coefficient (Wildman–Crippen LogP) is 1.24. The van der Waals surface area contributed by atoms with Crippen molar-refractivity contribution in [3.8, 4) is 0 Å². The van der Waals surface area contributed by atoms with Crippen molar-refractivity contribution in [2.24, 2.45) is 23.5 Å². The number of rotatable bonds is 8. The van der Waals surface area contributed by atoms with E-state index < -0.39 is 29.8 Å². The molecule has 2 fully saturated rings. The second-order valence-corrected chi connectivity index (χ2v) is 8.59. The fourth-order valence-electron chi connectivity index (χ4n) is 4.97. The van der Waals surface area contributed by atoms with Gasteiger partial charge in [0, 0.05) is 30.1 Å². The molecule has 12 heteroatoms. The molecule has 1 aromatic carbocycles. The lowest BCUT2D eigenvalue weighted by Gasteiger charge is -2.35. The van der Waals surface area contributed by atoms with Gasteiger partial charge in [0.2, 0.25) is 11.2 Å². The minimum absolute atomic E-state index is 0.0445. The van der Waals surface area contributed by atoms with Crippen molar-refractivity contribution in [2.45, 2.75) is 31.5 Å². The second kappa shape index (κ2) is 9.86. The van der Waals surface area contributed by atoms with Crippen molar-refractivity contribution < 1.29 is 29.0 Å². The molecule has 5 atom stereocenters. The van der Waals surface area contributed by atoms with Gasteiger partial charge in [-0.3, -0.25) is 4.79 Å². The number of primary amides is 1. The van der Waals surface area contributed by atoms with E-state index in [1.165, 1.54) is 0 Å². The van der Waals surface area contributed by atoms with Crippen molar-refractivity contribution in [1.29, 1.82) is 0 Å². The molecule has 6 N–H and O–H groups in total. The number of hydrogen-bond acceptors (Lipinski definition) is 7. The number of ether oxygens (including phenoxy) is 1. The summed E-state index contributed by atoms with van der Waals surface area (Å²) in [5.74, 6) is -1.99. The van der Waals surface area contributed by atoms with Crippen molar-refractivity contribution in [1.82, 2.24) is 15.3 Å². The third-order valence-electron chi connectivity index (χ3n) is 6.23. The van der Waals surface area contributed by atoms with Crippen LogP contribution < -0.4 is 21.8 Å². The third-order valence-corrected chi connectivity index (χ3v) is 6.41. The Morgan fingerprint density at radius 3 is 2.94 bits per heavy atom. The van der Waals surface area contributed by atoms with Gasteiger partial charge in [-0.25, -0.2) is 19.0 Å². The van der Waals surface area contributed by atoms with E-state index in [1.807, 2.05) is 24.3 Å². The number of hydrogen-bond donors (Lipinski definition) is 4. The Labute approximate surface area is 194 Å². The molecule has 0 saturated heterocycles. The molecule has 2 aliphatic rings. The lowest BCUT2D eigenvalue weighted by Crippen LogP contribution is -2.75. The van der Waals surface area contributed by atoms with Crippen LogP contribution in [0, 0.1) is 23.6 Å². The van der Waals surface area contributed by atoms with Crippen LogP contribution in [0.2, 0.25) is 5.28 Å². The summed E-state index contributed by atoms with van der Waals surface area (Å²) >= 11 is 5.79. The Kier molecular flexibility index (Phi) is 6.91. The summed E-state index contributed by atoms with van der Waals surface area (Å²) < 4.78 is 19.6. The lowest BCUT2D eigenvalue weighted by molar-refractivity contribution is -0.830. The van der Waals surface area contributed by atoms with Gasteiger partial charge in [0.25, 0.3) is 0 Å². The molecule has 2 saturated carbocycles. The van der Waals surface area contributed by atoms with Crippen molar-refractivity contribution in [2.75, 3.05) is 12.4 Å². The molecule has 2 aliphatic carbocycles. The number of alkyl carbamates (subject to hydrolysis) is 1. The summed E-state index contributed by atoms with van der Waals surface area (Å²) in [5.41, 5.74) is 8.90. The molecule has 0 spiro atoms. The third kappa shape index (κ3) is 5.15. The average Bonchev–Trinajstić information content (AvgIpc) is 3.33. The minimum atomic E-state index is -0.692. The van der Waals surface area contributed by atoms with E-state index in [9.17, 15) is 14.0 Å². The van der Waals surface area contributed by atoms with Crippen molar-refractivity contribution in [3.05, 3.63) is 47.1 Å². The van der Waals surface area contributed by atoms with Crippen LogP contribution in [-0.4, -0.2) is 41.2 Å². The molecule has 2 amide bonds. The number of quaternary nitrogens is 1. The van der Waals surface area contributed by atoms with E-state index in [-0.39, 0.29) is 35.6 Å². The molecule has 4 rings (SSSR count). The highest BCUT2D eigenvalue weighted by Gasteiger charge is 2.55. The van der Waals surface area contributed by atoms with Crippen molar-refractivity contribution >= 4 is 35.1 Å². The maximum atomic E-state index is 14.2. The number of carbonyl (C=O) groups excluding carboxylic acids is 2. The first-order valence-electron chi connectivity index (χ1n) is 10.5. The summed E-state index contributed by atoms with van der Waals surface area (Å²) in [6, 6.07) is 6.65. The Morgan fingerprint density at radius 2 is 2.18 bits per heavy atom. The zero-order chi connectivity index (χ0) is 23.5. The van der Waals surface area contributed by atoms with Gasteiger partial charge >= 0.3 is 6.09 Å². The number of amides is 2. The summed E-state index contributed by atoms with van der Waals surface area (Å²) in [6.45, 7) is 0.0915. The van der Waals surface area contributed by atoms with Gasteiger partial charge in [0.1, 0.15) is 6.61 Å². The van der Waals surface area contributed by atoms with Crippen molar-refractivity contribution in [3.63, 3.8) is 0 Å². The summed E-state index contributed by atoms with van der Waals surface area (Å²) in [5, 5.41) is 5.73. The molecule has 33 heavy (non-hydrogen) atoms. The largest absolute Gasteiger partial charge is 0.445 e. The van der Waals surface area contributed by atoms with Gasteiger partial charge in [0.15, 0.2) is 17.3 Å². The molecule has 0 aliphatic heterocycles. The fraction of sp³-hybridized carbons (Fsp3) is 0.429. The normalized spacial score (nSPS) is 25.6. The minimum Gasteiger partial charge on any atom is -0.445 e. The zero-order valence-electron chi connectivity index (χ0n) is 17.8. The Morgan fingerprint density at radius 1 is 1.36 bits per heavy atom. The number of nitrogens with two attached hydrogens (primary N) is 2. The average molecular weight is 480 g/mol. The number of anilines is 1. The molecule has 176 valence electrons. The topological polar surface area (TPSA) is 145 Å². The van der Waals surface area contributed by atoms with E-state index >= 15 is 0 Å². The van der Waals surface area contributed by atoms with E-state index in [2.05, 4.69) is 20.6 Å². The van der Waals surface area contributed by atoms with Gasteiger partial charge in [0.05, 0.1) is 19.2 Å². The number of carbonyl (C=O) groups is 2. The van der Waals surface area contributed by atoms with Gasteiger partial charge in [-0.05, 0) is 35.9 Å². The van der Waals surface area contributed by atoms with Gasteiger partial charge in [-0.1, -0.05) is 12.1 Å². The van der Waals surface area contributed by atoms with Gasteiger partial charge in [-0.2, -0.15) is 10.5 Å². The number of benzene rings is 1. The Hall–Kier alpha value is -3.02. The van der Waals surface area contributed by atoms with Crippen LogP contribution in [0.15, 0.2) is 30.5 Å². The molecule has 0 radical (unpaired) electrons. The molecule has 10 nitrogen and oxygen atoms in total. The van der Waals surface area contributed by atoms with Crippen LogP contribution in [0.5, 0.6) is 0 Å². The first-order valence-corrected chi connectivity index (χ1v) is 10.9. The number of fused-ring (bicyclic) bond motifs is 2. The summed E-state index contributed by atoms with van der Waals surface area (Å²) in [6.07, 6.45) is 1.62.